The Balaban J connectivity index is 2.01. The third-order valence-electron chi connectivity index (χ3n) is 3.08. The van der Waals surface area contributed by atoms with Gasteiger partial charge < -0.3 is 15.2 Å². The maximum Gasteiger partial charge on any atom is 0.359 e. The summed E-state index contributed by atoms with van der Waals surface area (Å²) in [6.45, 7) is 1.71. The predicted octanol–water partition coefficient (Wildman–Crippen LogP) is 0.353. The van der Waals surface area contributed by atoms with Crippen molar-refractivity contribution in [3.05, 3.63) is 58.5 Å². The number of esters is 1. The van der Waals surface area contributed by atoms with Crippen LogP contribution in [0.1, 0.15) is 17.4 Å². The lowest BCUT2D eigenvalue weighted by Gasteiger charge is -2.11. The highest BCUT2D eigenvalue weighted by molar-refractivity contribution is 5.90. The highest BCUT2D eigenvalue weighted by atomic mass is 16.5. The van der Waals surface area contributed by atoms with E-state index in [-0.39, 0.29) is 24.4 Å². The minimum atomic E-state index is -1.08. The number of para-hydroxylation sites is 1. The van der Waals surface area contributed by atoms with Gasteiger partial charge in [0.15, 0.2) is 11.8 Å². The van der Waals surface area contributed by atoms with Gasteiger partial charge in [0.2, 0.25) is 0 Å². The van der Waals surface area contributed by atoms with E-state index in [0.717, 1.165) is 4.68 Å². The van der Waals surface area contributed by atoms with Gasteiger partial charge in [-0.3, -0.25) is 9.59 Å². The molecule has 1 heterocycles. The number of ether oxygens (including phenoxy) is 2. The quantitative estimate of drug-likeness (QED) is 0.733. The molecule has 8 nitrogen and oxygen atoms in total. The van der Waals surface area contributed by atoms with Crippen molar-refractivity contribution in [2.75, 3.05) is 6.61 Å². The molecular formula is C16H17N3O5. The zero-order valence-corrected chi connectivity index (χ0v) is 13.0. The van der Waals surface area contributed by atoms with Crippen LogP contribution in [0, 0.1) is 0 Å². The molecule has 0 bridgehead atoms. The van der Waals surface area contributed by atoms with Crippen molar-refractivity contribution in [3.63, 3.8) is 0 Å². The maximum absolute atomic E-state index is 11.9. The number of carbonyl (C=O) groups is 2. The summed E-state index contributed by atoms with van der Waals surface area (Å²) >= 11 is 0. The summed E-state index contributed by atoms with van der Waals surface area (Å²) in [4.78, 5) is 34.6. The van der Waals surface area contributed by atoms with Crippen LogP contribution in [0.25, 0.3) is 0 Å². The number of amides is 1. The van der Waals surface area contributed by atoms with E-state index in [2.05, 4.69) is 5.10 Å². The van der Waals surface area contributed by atoms with Gasteiger partial charge in [-0.25, -0.2) is 9.48 Å². The van der Waals surface area contributed by atoms with Gasteiger partial charge in [0.05, 0.1) is 6.54 Å². The lowest BCUT2D eigenvalue weighted by molar-refractivity contribution is -0.125. The molecule has 0 saturated carbocycles. The SMILES string of the molecule is CC(OC(=O)c1ccc(=O)n(CCOc2ccccc2)n1)C(N)=O. The van der Waals surface area contributed by atoms with E-state index in [1.807, 2.05) is 18.2 Å². The molecule has 2 N–H and O–H groups in total. The van der Waals surface area contributed by atoms with Crippen molar-refractivity contribution >= 4 is 11.9 Å². The van der Waals surface area contributed by atoms with Crippen LogP contribution in [0.5, 0.6) is 5.75 Å². The second-order valence-corrected chi connectivity index (χ2v) is 4.89. The van der Waals surface area contributed by atoms with Gasteiger partial charge in [0, 0.05) is 6.07 Å². The average Bonchev–Trinajstić information content (AvgIpc) is 2.57. The molecule has 1 aromatic heterocycles. The third-order valence-corrected chi connectivity index (χ3v) is 3.08. The molecule has 0 fully saturated rings. The molecule has 0 spiro atoms. The summed E-state index contributed by atoms with van der Waals surface area (Å²) in [7, 11) is 0. The number of carbonyl (C=O) groups excluding carboxylic acids is 2. The fourth-order valence-electron chi connectivity index (χ4n) is 1.76. The molecule has 24 heavy (non-hydrogen) atoms. The minimum Gasteiger partial charge on any atom is -0.492 e. The van der Waals surface area contributed by atoms with Crippen molar-refractivity contribution in [1.29, 1.82) is 0 Å². The molecule has 0 aliphatic carbocycles. The first-order valence-electron chi connectivity index (χ1n) is 7.23. The lowest BCUT2D eigenvalue weighted by atomic mass is 10.3. The molecule has 2 rings (SSSR count). The van der Waals surface area contributed by atoms with Crippen LogP contribution in [0.2, 0.25) is 0 Å². The zero-order valence-electron chi connectivity index (χ0n) is 13.0. The molecule has 0 aliphatic rings. The van der Waals surface area contributed by atoms with Gasteiger partial charge in [0.1, 0.15) is 12.4 Å². The minimum absolute atomic E-state index is 0.0950. The van der Waals surface area contributed by atoms with Gasteiger partial charge >= 0.3 is 5.97 Å². The molecule has 0 aliphatic heterocycles. The smallest absolute Gasteiger partial charge is 0.359 e. The van der Waals surface area contributed by atoms with Crippen LogP contribution >= 0.6 is 0 Å². The molecular weight excluding hydrogens is 314 g/mol. The molecule has 8 heteroatoms. The summed E-state index contributed by atoms with van der Waals surface area (Å²) in [5.74, 6) is -0.941. The molecule has 126 valence electrons. The Morgan fingerprint density at radius 3 is 2.58 bits per heavy atom. The number of nitrogens with two attached hydrogens (primary N) is 1. The fraction of sp³-hybridized carbons (Fsp3) is 0.250. The van der Waals surface area contributed by atoms with Crippen molar-refractivity contribution in [2.45, 2.75) is 19.6 Å². The topological polar surface area (TPSA) is 114 Å². The number of hydrogen-bond donors (Lipinski definition) is 1. The summed E-state index contributed by atoms with van der Waals surface area (Å²) < 4.78 is 11.4. The molecule has 1 amide bonds. The Morgan fingerprint density at radius 1 is 1.21 bits per heavy atom. The number of hydrogen-bond acceptors (Lipinski definition) is 6. The van der Waals surface area contributed by atoms with Gasteiger partial charge in [0.25, 0.3) is 11.5 Å². The molecule has 1 unspecified atom stereocenters. The van der Waals surface area contributed by atoms with Gasteiger partial charge in [-0.05, 0) is 25.1 Å². The van der Waals surface area contributed by atoms with E-state index in [1.54, 1.807) is 12.1 Å². The lowest BCUT2D eigenvalue weighted by Crippen LogP contribution is -2.32. The number of aromatic nitrogens is 2. The third kappa shape index (κ3) is 4.67. The Kier molecular flexibility index (Phi) is 5.67. The summed E-state index contributed by atoms with van der Waals surface area (Å²) in [6, 6.07) is 11.5. The van der Waals surface area contributed by atoms with Gasteiger partial charge in [-0.1, -0.05) is 18.2 Å². The molecule has 1 atom stereocenters. The van der Waals surface area contributed by atoms with E-state index < -0.39 is 18.0 Å². The van der Waals surface area contributed by atoms with Crippen LogP contribution in [-0.2, 0) is 16.1 Å². The van der Waals surface area contributed by atoms with E-state index >= 15 is 0 Å². The Hall–Kier alpha value is -3.16. The Bertz CT molecular complexity index is 773. The van der Waals surface area contributed by atoms with Crippen LogP contribution in [0.4, 0.5) is 0 Å². The first-order chi connectivity index (χ1) is 11.5. The summed E-state index contributed by atoms with van der Waals surface area (Å²) in [5, 5.41) is 3.91. The highest BCUT2D eigenvalue weighted by Crippen LogP contribution is 2.07. The number of rotatable bonds is 7. The second kappa shape index (κ2) is 7.91. The highest BCUT2D eigenvalue weighted by Gasteiger charge is 2.18. The Labute approximate surface area is 137 Å². The number of benzene rings is 1. The van der Waals surface area contributed by atoms with Crippen LogP contribution < -0.4 is 16.0 Å². The van der Waals surface area contributed by atoms with Gasteiger partial charge in [-0.2, -0.15) is 5.10 Å². The summed E-state index contributed by atoms with van der Waals surface area (Å²) in [6.07, 6.45) is -1.08. The van der Waals surface area contributed by atoms with E-state index in [9.17, 15) is 14.4 Å². The zero-order chi connectivity index (χ0) is 17.5. The van der Waals surface area contributed by atoms with Crippen molar-refractivity contribution in [1.82, 2.24) is 9.78 Å². The molecule has 2 aromatic rings. The van der Waals surface area contributed by atoms with Crippen molar-refractivity contribution < 1.29 is 19.1 Å². The maximum atomic E-state index is 11.9. The predicted molar refractivity (Wildman–Crippen MR) is 84.5 cm³/mol. The van der Waals surface area contributed by atoms with Gasteiger partial charge in [-0.15, -0.1) is 0 Å². The fourth-order valence-corrected chi connectivity index (χ4v) is 1.76. The molecule has 1 aromatic carbocycles. The Morgan fingerprint density at radius 2 is 1.92 bits per heavy atom. The van der Waals surface area contributed by atoms with E-state index in [1.165, 1.54) is 19.1 Å². The average molecular weight is 331 g/mol. The van der Waals surface area contributed by atoms with Crippen molar-refractivity contribution in [3.8, 4) is 5.75 Å². The first kappa shape index (κ1) is 17.2. The first-order valence-corrected chi connectivity index (χ1v) is 7.23. The van der Waals surface area contributed by atoms with Crippen LogP contribution in [-0.4, -0.2) is 34.4 Å². The molecule has 0 saturated heterocycles. The monoisotopic (exact) mass is 331 g/mol. The second-order valence-electron chi connectivity index (χ2n) is 4.89. The standard InChI is InChI=1S/C16H17N3O5/c1-11(15(17)21)24-16(22)13-7-8-14(20)19(18-13)9-10-23-12-5-3-2-4-6-12/h2-8,11H,9-10H2,1H3,(H2,17,21). The van der Waals surface area contributed by atoms with Crippen LogP contribution in [0.3, 0.4) is 0 Å². The van der Waals surface area contributed by atoms with E-state index in [4.69, 9.17) is 15.2 Å². The number of nitrogens with zero attached hydrogens (tertiary/aromatic N) is 2. The van der Waals surface area contributed by atoms with Crippen molar-refractivity contribution in [2.24, 2.45) is 5.73 Å². The molecule has 0 radical (unpaired) electrons. The summed E-state index contributed by atoms with van der Waals surface area (Å²) in [5.41, 5.74) is 4.55. The van der Waals surface area contributed by atoms with E-state index in [0.29, 0.717) is 5.75 Å². The van der Waals surface area contributed by atoms with Crippen LogP contribution in [0.15, 0.2) is 47.3 Å². The normalized spacial score (nSPS) is 11.5. The largest absolute Gasteiger partial charge is 0.492 e. The number of primary amides is 1.